The molecule has 0 saturated carbocycles. The summed E-state index contributed by atoms with van der Waals surface area (Å²) in [6.45, 7) is 2.03. The number of ketones is 1. The van der Waals surface area contributed by atoms with Gasteiger partial charge in [0.1, 0.15) is 11.5 Å². The molecule has 2 nitrogen and oxygen atoms in total. The fourth-order valence-electron chi connectivity index (χ4n) is 2.01. The third kappa shape index (κ3) is 2.85. The molecule has 3 aromatic rings. The Morgan fingerprint density at radius 3 is 2.55 bits per heavy atom. The Morgan fingerprint density at radius 2 is 1.85 bits per heavy atom. The van der Waals surface area contributed by atoms with E-state index in [2.05, 4.69) is 11.4 Å². The van der Waals surface area contributed by atoms with Crippen LogP contribution in [0.1, 0.15) is 21.5 Å². The number of aromatic hydroxyl groups is 1. The first kappa shape index (κ1) is 15.4. The molecule has 0 saturated heterocycles. The minimum absolute atomic E-state index is 0. The van der Waals surface area contributed by atoms with Gasteiger partial charge in [-0.3, -0.25) is 11.3 Å². The SMILES string of the molecule is Cc1ccc2c(C(=O)c3ccc(O)cc3)[c-]sc2c1.[Y]. The van der Waals surface area contributed by atoms with Crippen molar-refractivity contribution in [1.29, 1.82) is 0 Å². The smallest absolute Gasteiger partial charge is 0.115 e. The average molecular weight is 356 g/mol. The van der Waals surface area contributed by atoms with Gasteiger partial charge < -0.3 is 9.90 Å². The second-order valence-corrected chi connectivity index (χ2v) is 5.30. The third-order valence-electron chi connectivity index (χ3n) is 3.03. The summed E-state index contributed by atoms with van der Waals surface area (Å²) in [4.78, 5) is 12.4. The van der Waals surface area contributed by atoms with Crippen LogP contribution in [-0.4, -0.2) is 10.9 Å². The van der Waals surface area contributed by atoms with Crippen LogP contribution in [0.5, 0.6) is 5.75 Å². The van der Waals surface area contributed by atoms with E-state index in [1.807, 2.05) is 19.1 Å². The molecule has 3 rings (SSSR count). The molecule has 1 heterocycles. The normalized spacial score (nSPS) is 10.2. The number of benzene rings is 2. The standard InChI is InChI=1S/C16H11O2S.Y/c1-10-2-7-13-14(9-19-15(13)8-10)16(18)11-3-5-12(17)6-4-11;/h2-8,17H,1H3;/q-1;. The van der Waals surface area contributed by atoms with E-state index >= 15 is 0 Å². The summed E-state index contributed by atoms with van der Waals surface area (Å²) in [5, 5.41) is 13.3. The summed E-state index contributed by atoms with van der Waals surface area (Å²) in [7, 11) is 0. The quantitative estimate of drug-likeness (QED) is 0.558. The first-order valence-electron chi connectivity index (χ1n) is 5.90. The van der Waals surface area contributed by atoms with Crippen molar-refractivity contribution in [2.45, 2.75) is 6.92 Å². The van der Waals surface area contributed by atoms with Gasteiger partial charge in [0.05, 0.1) is 0 Å². The average Bonchev–Trinajstić information content (AvgIpc) is 2.81. The fraction of sp³-hybridized carbons (Fsp3) is 0.0625. The Bertz CT molecular complexity index is 760. The largest absolute Gasteiger partial charge is 0.508 e. The van der Waals surface area contributed by atoms with E-state index in [-0.39, 0.29) is 44.2 Å². The molecule has 0 aliphatic heterocycles. The van der Waals surface area contributed by atoms with E-state index in [0.717, 1.165) is 10.1 Å². The zero-order valence-electron chi connectivity index (χ0n) is 10.9. The van der Waals surface area contributed by atoms with Crippen LogP contribution >= 0.6 is 11.3 Å². The number of rotatable bonds is 2. The van der Waals surface area contributed by atoms with E-state index in [0.29, 0.717) is 11.1 Å². The number of phenolic OH excluding ortho intramolecular Hbond substituents is 1. The predicted molar refractivity (Wildman–Crippen MR) is 76.9 cm³/mol. The molecule has 4 heteroatoms. The molecule has 1 N–H and O–H groups in total. The van der Waals surface area contributed by atoms with Crippen molar-refractivity contribution in [3.05, 3.63) is 64.5 Å². The van der Waals surface area contributed by atoms with Crippen molar-refractivity contribution in [2.75, 3.05) is 0 Å². The maximum Gasteiger partial charge on any atom is 0.115 e. The van der Waals surface area contributed by atoms with Crippen molar-refractivity contribution >= 4 is 27.2 Å². The third-order valence-corrected chi connectivity index (χ3v) is 3.89. The van der Waals surface area contributed by atoms with Crippen LogP contribution in [0.3, 0.4) is 0 Å². The minimum atomic E-state index is -0.0601. The van der Waals surface area contributed by atoms with Gasteiger partial charge >= 0.3 is 0 Å². The number of fused-ring (bicyclic) bond motifs is 1. The van der Waals surface area contributed by atoms with Crippen molar-refractivity contribution in [1.82, 2.24) is 0 Å². The van der Waals surface area contributed by atoms with E-state index in [4.69, 9.17) is 0 Å². The molecule has 0 amide bonds. The molecule has 0 bridgehead atoms. The molecule has 0 fully saturated rings. The van der Waals surface area contributed by atoms with Gasteiger partial charge in [-0.1, -0.05) is 45.5 Å². The molecule has 0 unspecified atom stereocenters. The summed E-state index contributed by atoms with van der Waals surface area (Å²) < 4.78 is 1.07. The van der Waals surface area contributed by atoms with Gasteiger partial charge in [0.15, 0.2) is 0 Å². The van der Waals surface area contributed by atoms with Crippen LogP contribution < -0.4 is 0 Å². The molecule has 1 radical (unpaired) electrons. The summed E-state index contributed by atoms with van der Waals surface area (Å²) in [6, 6.07) is 12.3. The molecule has 2 aromatic carbocycles. The maximum absolute atomic E-state index is 12.4. The molecule has 20 heavy (non-hydrogen) atoms. The van der Waals surface area contributed by atoms with Gasteiger partial charge in [-0.15, -0.1) is 11.5 Å². The first-order chi connectivity index (χ1) is 9.15. The van der Waals surface area contributed by atoms with E-state index in [1.54, 1.807) is 12.1 Å². The Morgan fingerprint density at radius 1 is 1.15 bits per heavy atom. The second-order valence-electron chi connectivity index (χ2n) is 4.45. The molecule has 0 atom stereocenters. The molecular formula is C16H11O2SY-. The zero-order chi connectivity index (χ0) is 13.4. The van der Waals surface area contributed by atoms with Crippen molar-refractivity contribution in [3.63, 3.8) is 0 Å². The predicted octanol–water partition coefficient (Wildman–Crippen LogP) is 3.94. The fourth-order valence-corrected chi connectivity index (χ4v) is 2.95. The molecule has 97 valence electrons. The van der Waals surface area contributed by atoms with Crippen LogP contribution in [0.25, 0.3) is 10.1 Å². The number of carbonyl (C=O) groups excluding carboxylic acids is 1. The molecule has 0 spiro atoms. The number of thiophene rings is 1. The Balaban J connectivity index is 0.00000147. The molecule has 1 aromatic heterocycles. The van der Waals surface area contributed by atoms with Crippen molar-refractivity contribution in [3.8, 4) is 5.75 Å². The first-order valence-corrected chi connectivity index (χ1v) is 6.71. The number of phenols is 1. The summed E-state index contributed by atoms with van der Waals surface area (Å²) in [6.07, 6.45) is 0. The van der Waals surface area contributed by atoms with Crippen molar-refractivity contribution in [2.24, 2.45) is 0 Å². The van der Waals surface area contributed by atoms with E-state index < -0.39 is 0 Å². The number of hydrogen-bond donors (Lipinski definition) is 1. The number of aryl methyl sites for hydroxylation is 1. The number of hydrogen-bond acceptors (Lipinski definition) is 3. The van der Waals surface area contributed by atoms with Gasteiger partial charge in [0.25, 0.3) is 0 Å². The maximum atomic E-state index is 12.4. The molecule has 0 aliphatic carbocycles. The van der Waals surface area contributed by atoms with Gasteiger partial charge in [-0.25, -0.2) is 0 Å². The zero-order valence-corrected chi connectivity index (χ0v) is 14.5. The van der Waals surface area contributed by atoms with Gasteiger partial charge in [0, 0.05) is 32.7 Å². The molecular weight excluding hydrogens is 345 g/mol. The summed E-state index contributed by atoms with van der Waals surface area (Å²) >= 11 is 1.46. The second kappa shape index (κ2) is 6.17. The summed E-state index contributed by atoms with van der Waals surface area (Å²) in [5.74, 6) is 0.0986. The van der Waals surface area contributed by atoms with Gasteiger partial charge in [-0.05, 0) is 24.6 Å². The monoisotopic (exact) mass is 356 g/mol. The topological polar surface area (TPSA) is 37.3 Å². The van der Waals surface area contributed by atoms with E-state index in [1.165, 1.54) is 29.0 Å². The van der Waals surface area contributed by atoms with Crippen molar-refractivity contribution < 1.29 is 42.6 Å². The van der Waals surface area contributed by atoms with Crippen LogP contribution in [0.4, 0.5) is 0 Å². The summed E-state index contributed by atoms with van der Waals surface area (Å²) in [5.41, 5.74) is 2.34. The van der Waals surface area contributed by atoms with Gasteiger partial charge in [0.2, 0.25) is 0 Å². The minimum Gasteiger partial charge on any atom is -0.508 e. The Labute approximate surface area is 146 Å². The van der Waals surface area contributed by atoms with Crippen LogP contribution in [-0.2, 0) is 32.7 Å². The molecule has 0 aliphatic rings. The number of carbonyl (C=O) groups is 1. The Kier molecular flexibility index (Phi) is 4.74. The van der Waals surface area contributed by atoms with Gasteiger partial charge in [-0.2, -0.15) is 0 Å². The Hall–Kier alpha value is -1.03. The van der Waals surface area contributed by atoms with Crippen LogP contribution in [0.15, 0.2) is 42.5 Å². The van der Waals surface area contributed by atoms with Crippen LogP contribution in [0, 0.1) is 12.3 Å². The van der Waals surface area contributed by atoms with E-state index in [9.17, 15) is 9.90 Å². The van der Waals surface area contributed by atoms with Crippen LogP contribution in [0.2, 0.25) is 0 Å².